The van der Waals surface area contributed by atoms with Crippen molar-refractivity contribution >= 4 is 5.91 Å². The van der Waals surface area contributed by atoms with Crippen molar-refractivity contribution in [2.45, 2.75) is 38.9 Å². The van der Waals surface area contributed by atoms with Gasteiger partial charge in [0.15, 0.2) is 5.76 Å². The zero-order valence-electron chi connectivity index (χ0n) is 14.3. The van der Waals surface area contributed by atoms with E-state index in [4.69, 9.17) is 4.42 Å². The summed E-state index contributed by atoms with van der Waals surface area (Å²) in [5.41, 5.74) is 2.47. The van der Waals surface area contributed by atoms with Gasteiger partial charge in [-0.15, -0.1) is 0 Å². The molecule has 0 atom stereocenters. The predicted octanol–water partition coefficient (Wildman–Crippen LogP) is 3.64. The molecule has 1 aliphatic rings. The largest absolute Gasteiger partial charge is 0.459 e. The standard InChI is InChI=1S/C20H21N3O2/c1-15-4-6-16(7-5-15)13-22-11-10-21-19(22)14-23(17-8-9-17)20(24)18-3-2-12-25-18/h2-7,10-12,17H,8-9,13-14H2,1H3. The van der Waals surface area contributed by atoms with Crippen LogP contribution in [0.5, 0.6) is 0 Å². The maximum absolute atomic E-state index is 12.7. The van der Waals surface area contributed by atoms with Crippen molar-refractivity contribution in [3.63, 3.8) is 0 Å². The van der Waals surface area contributed by atoms with E-state index in [1.807, 2.05) is 11.1 Å². The third kappa shape index (κ3) is 3.50. The summed E-state index contributed by atoms with van der Waals surface area (Å²) in [6.07, 6.45) is 7.40. The van der Waals surface area contributed by atoms with Crippen LogP contribution in [0.2, 0.25) is 0 Å². The Bertz CT molecular complexity index is 845. The molecular weight excluding hydrogens is 314 g/mol. The lowest BCUT2D eigenvalue weighted by atomic mass is 10.1. The van der Waals surface area contributed by atoms with Crippen molar-refractivity contribution < 1.29 is 9.21 Å². The Balaban J connectivity index is 1.52. The van der Waals surface area contributed by atoms with Crippen LogP contribution in [0.1, 0.15) is 40.3 Å². The molecule has 0 saturated heterocycles. The number of nitrogens with zero attached hydrogens (tertiary/aromatic N) is 3. The molecule has 0 N–H and O–H groups in total. The minimum absolute atomic E-state index is 0.0580. The maximum atomic E-state index is 12.7. The van der Waals surface area contributed by atoms with Crippen LogP contribution < -0.4 is 0 Å². The van der Waals surface area contributed by atoms with Crippen molar-refractivity contribution in [3.8, 4) is 0 Å². The number of imidazole rings is 1. The number of aromatic nitrogens is 2. The van der Waals surface area contributed by atoms with Crippen molar-refractivity contribution in [3.05, 3.63) is 77.8 Å². The molecule has 2 aromatic heterocycles. The second kappa shape index (κ2) is 6.59. The average Bonchev–Trinajstić information content (AvgIpc) is 3.13. The fourth-order valence-corrected chi connectivity index (χ4v) is 2.97. The first-order valence-electron chi connectivity index (χ1n) is 8.61. The number of benzene rings is 1. The van der Waals surface area contributed by atoms with Gasteiger partial charge in [0.2, 0.25) is 0 Å². The maximum Gasteiger partial charge on any atom is 0.290 e. The summed E-state index contributed by atoms with van der Waals surface area (Å²) in [6, 6.07) is 12.2. The van der Waals surface area contributed by atoms with Gasteiger partial charge in [-0.25, -0.2) is 4.98 Å². The van der Waals surface area contributed by atoms with Crippen LogP contribution in [0.15, 0.2) is 59.5 Å². The third-order valence-corrected chi connectivity index (χ3v) is 4.57. The quantitative estimate of drug-likeness (QED) is 0.691. The number of hydrogen-bond acceptors (Lipinski definition) is 3. The Hall–Kier alpha value is -2.82. The van der Waals surface area contributed by atoms with E-state index in [0.29, 0.717) is 18.3 Å². The number of hydrogen-bond donors (Lipinski definition) is 0. The molecule has 0 radical (unpaired) electrons. The van der Waals surface area contributed by atoms with E-state index >= 15 is 0 Å². The number of carbonyl (C=O) groups is 1. The van der Waals surface area contributed by atoms with Crippen LogP contribution in [0, 0.1) is 6.92 Å². The Morgan fingerprint density at radius 3 is 2.76 bits per heavy atom. The molecule has 1 amide bonds. The zero-order chi connectivity index (χ0) is 17.2. The Labute approximate surface area is 146 Å². The highest BCUT2D eigenvalue weighted by molar-refractivity contribution is 5.91. The van der Waals surface area contributed by atoms with Crippen molar-refractivity contribution in [2.75, 3.05) is 0 Å². The molecule has 0 unspecified atom stereocenters. The summed E-state index contributed by atoms with van der Waals surface area (Å²) in [5, 5.41) is 0. The molecule has 1 aromatic carbocycles. The summed E-state index contributed by atoms with van der Waals surface area (Å²) in [5.74, 6) is 1.23. The van der Waals surface area contributed by atoms with Crippen LogP contribution in [0.3, 0.4) is 0 Å². The van der Waals surface area contributed by atoms with Gasteiger partial charge in [-0.1, -0.05) is 29.8 Å². The zero-order valence-corrected chi connectivity index (χ0v) is 14.3. The highest BCUT2D eigenvalue weighted by Crippen LogP contribution is 2.29. The van der Waals surface area contributed by atoms with Crippen molar-refractivity contribution in [1.82, 2.24) is 14.5 Å². The number of rotatable bonds is 6. The van der Waals surface area contributed by atoms with Crippen LogP contribution in [-0.4, -0.2) is 26.4 Å². The molecule has 1 aliphatic carbocycles. The Kier molecular flexibility index (Phi) is 4.14. The molecular formula is C20H21N3O2. The molecule has 1 saturated carbocycles. The first-order valence-corrected chi connectivity index (χ1v) is 8.61. The molecule has 4 rings (SSSR count). The van der Waals surface area contributed by atoms with E-state index in [1.165, 1.54) is 17.4 Å². The molecule has 0 spiro atoms. The number of amides is 1. The monoisotopic (exact) mass is 335 g/mol. The van der Waals surface area contributed by atoms with Gasteiger partial charge < -0.3 is 13.9 Å². The highest BCUT2D eigenvalue weighted by Gasteiger charge is 2.34. The molecule has 0 bridgehead atoms. The van der Waals surface area contributed by atoms with E-state index in [2.05, 4.69) is 40.7 Å². The third-order valence-electron chi connectivity index (χ3n) is 4.57. The molecule has 0 aliphatic heterocycles. The second-order valence-electron chi connectivity index (χ2n) is 6.60. The second-order valence-corrected chi connectivity index (χ2v) is 6.60. The van der Waals surface area contributed by atoms with Gasteiger partial charge in [0.1, 0.15) is 5.82 Å². The van der Waals surface area contributed by atoms with Gasteiger partial charge in [-0.2, -0.15) is 0 Å². The van der Waals surface area contributed by atoms with Crippen molar-refractivity contribution in [2.24, 2.45) is 0 Å². The number of carbonyl (C=O) groups excluding carboxylic acids is 1. The van der Waals surface area contributed by atoms with Gasteiger partial charge in [0, 0.05) is 25.0 Å². The van der Waals surface area contributed by atoms with Crippen LogP contribution >= 0.6 is 0 Å². The van der Waals surface area contributed by atoms with Crippen LogP contribution in [0.25, 0.3) is 0 Å². The minimum atomic E-state index is -0.0580. The molecule has 3 aromatic rings. The lowest BCUT2D eigenvalue weighted by molar-refractivity contribution is 0.0691. The smallest absolute Gasteiger partial charge is 0.290 e. The molecule has 5 heteroatoms. The van der Waals surface area contributed by atoms with Gasteiger partial charge in [-0.3, -0.25) is 4.79 Å². The summed E-state index contributed by atoms with van der Waals surface area (Å²) >= 11 is 0. The summed E-state index contributed by atoms with van der Waals surface area (Å²) in [4.78, 5) is 19.1. The van der Waals surface area contributed by atoms with E-state index in [0.717, 1.165) is 25.2 Å². The van der Waals surface area contributed by atoms with Gasteiger partial charge >= 0.3 is 0 Å². The first kappa shape index (κ1) is 15.7. The van der Waals surface area contributed by atoms with Gasteiger partial charge in [0.25, 0.3) is 5.91 Å². The number of furan rings is 1. The van der Waals surface area contributed by atoms with Crippen LogP contribution in [0.4, 0.5) is 0 Å². The minimum Gasteiger partial charge on any atom is -0.459 e. The molecule has 5 nitrogen and oxygen atoms in total. The fourth-order valence-electron chi connectivity index (χ4n) is 2.97. The molecule has 2 heterocycles. The summed E-state index contributed by atoms with van der Waals surface area (Å²) in [7, 11) is 0. The molecule has 1 fully saturated rings. The number of aryl methyl sites for hydroxylation is 1. The highest BCUT2D eigenvalue weighted by atomic mass is 16.3. The lowest BCUT2D eigenvalue weighted by Gasteiger charge is -2.21. The van der Waals surface area contributed by atoms with E-state index in [9.17, 15) is 4.79 Å². The van der Waals surface area contributed by atoms with Gasteiger partial charge in [0.05, 0.1) is 12.8 Å². The molecule has 25 heavy (non-hydrogen) atoms. The predicted molar refractivity (Wildman–Crippen MR) is 94.1 cm³/mol. The summed E-state index contributed by atoms with van der Waals surface area (Å²) in [6.45, 7) is 3.34. The first-order chi connectivity index (χ1) is 12.2. The summed E-state index contributed by atoms with van der Waals surface area (Å²) < 4.78 is 7.40. The van der Waals surface area contributed by atoms with Crippen molar-refractivity contribution in [1.29, 1.82) is 0 Å². The van der Waals surface area contributed by atoms with E-state index in [1.54, 1.807) is 18.3 Å². The SMILES string of the molecule is Cc1ccc(Cn2ccnc2CN(C(=O)c2ccco2)C2CC2)cc1. The van der Waals surface area contributed by atoms with E-state index in [-0.39, 0.29) is 5.91 Å². The van der Waals surface area contributed by atoms with E-state index < -0.39 is 0 Å². The Morgan fingerprint density at radius 2 is 2.08 bits per heavy atom. The van der Waals surface area contributed by atoms with Crippen LogP contribution in [-0.2, 0) is 13.1 Å². The van der Waals surface area contributed by atoms with Gasteiger partial charge in [-0.05, 0) is 37.5 Å². The lowest BCUT2D eigenvalue weighted by Crippen LogP contribution is -2.33. The molecule has 128 valence electrons. The fraction of sp³-hybridized carbons (Fsp3) is 0.300. The average molecular weight is 335 g/mol. The normalized spacial score (nSPS) is 13.8. The topological polar surface area (TPSA) is 51.3 Å². The Morgan fingerprint density at radius 1 is 1.28 bits per heavy atom.